The highest BCUT2D eigenvalue weighted by Crippen LogP contribution is 2.43. The number of rotatable bonds is 37. The van der Waals surface area contributed by atoms with Gasteiger partial charge in [0.05, 0.1) is 13.2 Å². The number of hydrogen-bond acceptors (Lipinski definition) is 9. The number of unbranched alkanes of at least 4 members (excludes halogenated alkanes) is 9. The molecule has 3 atom stereocenters. The molecule has 0 bridgehead atoms. The van der Waals surface area contributed by atoms with E-state index in [1.807, 2.05) is 12.2 Å². The molecule has 0 aliphatic carbocycles. The van der Waals surface area contributed by atoms with Crippen molar-refractivity contribution in [1.82, 2.24) is 0 Å². The predicted octanol–water partition coefficient (Wildman–Crippen LogP) is 10.7. The van der Waals surface area contributed by atoms with E-state index >= 15 is 0 Å². The lowest BCUT2D eigenvalue weighted by Crippen LogP contribution is -2.34. The average Bonchev–Trinajstić information content (AvgIpc) is 3.17. The molecule has 0 saturated heterocycles. The molecule has 0 aromatic rings. The van der Waals surface area contributed by atoms with Gasteiger partial charge in [0.1, 0.15) is 12.6 Å². The second-order valence-electron chi connectivity index (χ2n) is 13.4. The first-order chi connectivity index (χ1) is 27.1. The zero-order valence-corrected chi connectivity index (χ0v) is 35.1. The average molecular weight is 806 g/mol. The normalized spacial score (nSPS) is 14.6. The SMILES string of the molecule is CCC=CCC=CCC=CCC=CCC=CCC=CCCC(=O)OCC(COP(=O)(O)OCC(N)C(=O)O)OC(=O)CCCCCCCC=CCCCCCC. The van der Waals surface area contributed by atoms with Crippen LogP contribution in [-0.4, -0.2) is 59.9 Å². The van der Waals surface area contributed by atoms with Crippen LogP contribution >= 0.6 is 7.82 Å². The molecule has 0 aliphatic heterocycles. The molecule has 0 spiro atoms. The molecule has 0 aliphatic rings. The van der Waals surface area contributed by atoms with Gasteiger partial charge in [-0.3, -0.25) is 23.4 Å². The number of phosphoric ester groups is 1. The molecule has 11 nitrogen and oxygen atoms in total. The van der Waals surface area contributed by atoms with E-state index in [0.29, 0.717) is 12.8 Å². The number of carbonyl (C=O) groups is 3. The maximum atomic E-state index is 12.6. The molecular weight excluding hydrogens is 733 g/mol. The van der Waals surface area contributed by atoms with Crippen LogP contribution in [0, 0.1) is 0 Å². The predicted molar refractivity (Wildman–Crippen MR) is 226 cm³/mol. The molecule has 0 aromatic heterocycles. The maximum Gasteiger partial charge on any atom is 0.472 e. The molecule has 0 fully saturated rings. The molecule has 0 saturated carbocycles. The first kappa shape index (κ1) is 52.7. The minimum absolute atomic E-state index is 0.0904. The van der Waals surface area contributed by atoms with Crippen molar-refractivity contribution in [2.45, 2.75) is 154 Å². The van der Waals surface area contributed by atoms with Gasteiger partial charge in [-0.25, -0.2) is 4.57 Å². The number of aliphatic carboxylic acids is 1. The maximum absolute atomic E-state index is 12.6. The summed E-state index contributed by atoms with van der Waals surface area (Å²) < 4.78 is 32.5. The van der Waals surface area contributed by atoms with Gasteiger partial charge < -0.3 is 25.2 Å². The molecular formula is C44H72NO10P. The molecule has 318 valence electrons. The second kappa shape index (κ2) is 38.5. The zero-order chi connectivity index (χ0) is 41.4. The van der Waals surface area contributed by atoms with E-state index in [0.717, 1.165) is 77.0 Å². The number of ether oxygens (including phenoxy) is 2. The summed E-state index contributed by atoms with van der Waals surface area (Å²) in [6.45, 7) is 2.56. The minimum atomic E-state index is -4.74. The fourth-order valence-corrected chi connectivity index (χ4v) is 5.68. The van der Waals surface area contributed by atoms with Crippen molar-refractivity contribution < 1.29 is 47.5 Å². The highest BCUT2D eigenvalue weighted by molar-refractivity contribution is 7.47. The molecule has 56 heavy (non-hydrogen) atoms. The van der Waals surface area contributed by atoms with Crippen molar-refractivity contribution in [3.63, 3.8) is 0 Å². The van der Waals surface area contributed by atoms with Gasteiger partial charge in [0.15, 0.2) is 6.10 Å². The Balaban J connectivity index is 4.54. The van der Waals surface area contributed by atoms with Crippen LogP contribution in [0.4, 0.5) is 0 Å². The third-order valence-corrected chi connectivity index (χ3v) is 9.09. The van der Waals surface area contributed by atoms with Gasteiger partial charge in [0.2, 0.25) is 0 Å². The van der Waals surface area contributed by atoms with Crippen molar-refractivity contribution in [3.05, 3.63) is 85.1 Å². The summed E-state index contributed by atoms with van der Waals surface area (Å²) in [6, 6.07) is -1.54. The van der Waals surface area contributed by atoms with Crippen molar-refractivity contribution in [2.24, 2.45) is 5.73 Å². The van der Waals surface area contributed by atoms with Crippen LogP contribution < -0.4 is 5.73 Å². The fourth-order valence-electron chi connectivity index (χ4n) is 4.91. The van der Waals surface area contributed by atoms with Crippen molar-refractivity contribution in [3.8, 4) is 0 Å². The summed E-state index contributed by atoms with van der Waals surface area (Å²) in [7, 11) is -4.74. The van der Waals surface area contributed by atoms with E-state index in [4.69, 9.17) is 24.8 Å². The van der Waals surface area contributed by atoms with Gasteiger partial charge >= 0.3 is 25.7 Å². The monoisotopic (exact) mass is 805 g/mol. The molecule has 0 aromatic carbocycles. The molecule has 3 unspecified atom stereocenters. The van der Waals surface area contributed by atoms with Gasteiger partial charge in [-0.1, -0.05) is 137 Å². The number of carboxylic acid groups (broad SMARTS) is 1. The summed E-state index contributed by atoms with van der Waals surface area (Å²) in [5.41, 5.74) is 5.32. The van der Waals surface area contributed by atoms with Gasteiger partial charge in [0.25, 0.3) is 0 Å². The lowest BCUT2D eigenvalue weighted by molar-refractivity contribution is -0.161. The van der Waals surface area contributed by atoms with Crippen LogP contribution in [0.2, 0.25) is 0 Å². The fraction of sp³-hybridized carbons (Fsp3) is 0.614. The molecule has 12 heteroatoms. The highest BCUT2D eigenvalue weighted by Gasteiger charge is 2.28. The van der Waals surface area contributed by atoms with E-state index in [1.165, 1.54) is 25.7 Å². The minimum Gasteiger partial charge on any atom is -0.480 e. The Morgan fingerprint density at radius 1 is 0.571 bits per heavy atom. The van der Waals surface area contributed by atoms with E-state index in [2.05, 4.69) is 91.3 Å². The Kier molecular flexibility index (Phi) is 36.2. The van der Waals surface area contributed by atoms with Gasteiger partial charge in [0, 0.05) is 12.8 Å². The van der Waals surface area contributed by atoms with Crippen molar-refractivity contribution >= 4 is 25.7 Å². The molecule has 0 rings (SSSR count). The summed E-state index contributed by atoms with van der Waals surface area (Å²) in [6.07, 6.45) is 46.6. The number of hydrogen-bond donors (Lipinski definition) is 3. The van der Waals surface area contributed by atoms with Gasteiger partial charge in [-0.2, -0.15) is 0 Å². The number of carbonyl (C=O) groups excluding carboxylic acids is 2. The molecule has 0 heterocycles. The largest absolute Gasteiger partial charge is 0.480 e. The van der Waals surface area contributed by atoms with Crippen LogP contribution in [0.1, 0.15) is 142 Å². The number of allylic oxidation sites excluding steroid dienone is 14. The summed E-state index contributed by atoms with van der Waals surface area (Å²) >= 11 is 0. The Morgan fingerprint density at radius 2 is 1.04 bits per heavy atom. The first-order valence-corrected chi connectivity index (χ1v) is 22.1. The third-order valence-electron chi connectivity index (χ3n) is 8.14. The smallest absolute Gasteiger partial charge is 0.472 e. The van der Waals surface area contributed by atoms with Crippen LogP contribution in [0.5, 0.6) is 0 Å². The van der Waals surface area contributed by atoms with E-state index in [-0.39, 0.29) is 12.8 Å². The Hall–Kier alpha value is -3.34. The number of carboxylic acids is 1. The zero-order valence-electron chi connectivity index (χ0n) is 34.2. The van der Waals surface area contributed by atoms with Crippen molar-refractivity contribution in [2.75, 3.05) is 19.8 Å². The highest BCUT2D eigenvalue weighted by atomic mass is 31.2. The summed E-state index contributed by atoms with van der Waals surface area (Å²) in [4.78, 5) is 45.8. The number of phosphoric acid groups is 1. The first-order valence-electron chi connectivity index (χ1n) is 20.6. The standard InChI is InChI=1S/C44H72NO10P/c1-3-5-7-9-11-13-15-17-18-19-20-21-22-24-25-27-29-31-33-35-42(46)52-37-40(38-53-56(50,51)54-39-41(45)44(48)49)55-43(47)36-34-32-30-28-26-23-16-14-12-10-8-6-4-2/h5,7,11,13-14,16-18,20-21,24-25,29,31,40-41H,3-4,6,8-10,12,15,19,22-23,26-28,30,32-39,45H2,1-2H3,(H,48,49)(H,50,51). The van der Waals surface area contributed by atoms with Crippen LogP contribution in [0.15, 0.2) is 85.1 Å². The summed E-state index contributed by atoms with van der Waals surface area (Å²) in [5, 5.41) is 8.87. The van der Waals surface area contributed by atoms with E-state index < -0.39 is 57.7 Å². The lowest BCUT2D eigenvalue weighted by Gasteiger charge is -2.20. The Morgan fingerprint density at radius 3 is 1.57 bits per heavy atom. The van der Waals surface area contributed by atoms with E-state index in [9.17, 15) is 23.8 Å². The Labute approximate surface area is 337 Å². The number of nitrogens with two attached hydrogens (primary N) is 1. The third kappa shape index (κ3) is 37.6. The van der Waals surface area contributed by atoms with Gasteiger partial charge in [-0.05, 0) is 77.0 Å². The van der Waals surface area contributed by atoms with Crippen LogP contribution in [0.3, 0.4) is 0 Å². The Bertz CT molecular complexity index is 1270. The van der Waals surface area contributed by atoms with Crippen LogP contribution in [0.25, 0.3) is 0 Å². The van der Waals surface area contributed by atoms with E-state index in [1.54, 1.807) is 0 Å². The van der Waals surface area contributed by atoms with Gasteiger partial charge in [-0.15, -0.1) is 0 Å². The van der Waals surface area contributed by atoms with Crippen LogP contribution in [-0.2, 0) is 37.5 Å². The quantitative estimate of drug-likeness (QED) is 0.0236. The second-order valence-corrected chi connectivity index (χ2v) is 14.8. The molecule has 0 amide bonds. The van der Waals surface area contributed by atoms with Crippen molar-refractivity contribution in [1.29, 1.82) is 0 Å². The topological polar surface area (TPSA) is 172 Å². The summed E-state index contributed by atoms with van der Waals surface area (Å²) in [5.74, 6) is -2.51. The number of esters is 2. The molecule has 4 N–H and O–H groups in total. The molecule has 0 radical (unpaired) electrons. The lowest BCUT2D eigenvalue weighted by atomic mass is 10.1.